The summed E-state index contributed by atoms with van der Waals surface area (Å²) < 4.78 is 11.3. The topological polar surface area (TPSA) is 65.9 Å². The quantitative estimate of drug-likeness (QED) is 0.108. The van der Waals surface area contributed by atoms with Crippen LogP contribution in [0, 0.1) is 5.41 Å². The van der Waals surface area contributed by atoms with Gasteiger partial charge in [-0.25, -0.2) is 0 Å². The summed E-state index contributed by atoms with van der Waals surface area (Å²) in [5.74, 6) is 0.184. The Balaban J connectivity index is 1.13. The van der Waals surface area contributed by atoms with Gasteiger partial charge in [-0.2, -0.15) is 0 Å². The Kier molecular flexibility index (Phi) is 9.74. The summed E-state index contributed by atoms with van der Waals surface area (Å²) in [5.41, 5.74) is 12.0. The van der Waals surface area contributed by atoms with Crippen LogP contribution >= 0.6 is 23.5 Å². The molecule has 2 spiro atoms. The van der Waals surface area contributed by atoms with Crippen molar-refractivity contribution in [2.24, 2.45) is 0 Å². The van der Waals surface area contributed by atoms with Gasteiger partial charge in [0, 0.05) is 52.4 Å². The first-order valence-electron chi connectivity index (χ1n) is 20.4. The first kappa shape index (κ1) is 38.3. The number of ketones is 1. The van der Waals surface area contributed by atoms with Crippen LogP contribution in [0.25, 0.3) is 22.3 Å². The van der Waals surface area contributed by atoms with E-state index in [4.69, 9.17) is 9.47 Å². The molecule has 1 N–H and O–H groups in total. The summed E-state index contributed by atoms with van der Waals surface area (Å²) >= 11 is 3.62. The molecule has 3 aliphatic carbocycles. The van der Waals surface area contributed by atoms with Crippen LogP contribution in [0.15, 0.2) is 82.6 Å². The number of nitrogens with one attached hydrogen (secondary N) is 1. The highest BCUT2D eigenvalue weighted by atomic mass is 32.2. The van der Waals surface area contributed by atoms with Gasteiger partial charge in [0.15, 0.2) is 5.78 Å². The minimum atomic E-state index is -0.618. The zero-order valence-corrected chi connectivity index (χ0v) is 35.5. The number of morpholine rings is 2. The number of carbonyl (C=O) groups is 1. The van der Waals surface area contributed by atoms with Gasteiger partial charge in [-0.1, -0.05) is 36.4 Å². The number of carbonyl (C=O) groups excluding carboxylic acids is 1. The van der Waals surface area contributed by atoms with E-state index < -0.39 is 11.1 Å². The van der Waals surface area contributed by atoms with Crippen LogP contribution in [0.1, 0.15) is 91.6 Å². The summed E-state index contributed by atoms with van der Waals surface area (Å²) in [6.45, 7) is 14.5. The average Bonchev–Trinajstić information content (AvgIpc) is 3.66. The van der Waals surface area contributed by atoms with Gasteiger partial charge in [0.1, 0.15) is 0 Å². The van der Waals surface area contributed by atoms with E-state index in [1.165, 1.54) is 54.3 Å². The molecule has 4 aromatic carbocycles. The summed E-state index contributed by atoms with van der Waals surface area (Å²) in [5, 5.41) is 9.63. The summed E-state index contributed by atoms with van der Waals surface area (Å²) in [4.78, 5) is 21.8. The second kappa shape index (κ2) is 14.2. The van der Waals surface area contributed by atoms with E-state index in [0.717, 1.165) is 63.0 Å². The highest BCUT2D eigenvalue weighted by Gasteiger charge is 2.54. The van der Waals surface area contributed by atoms with Crippen LogP contribution in [-0.2, 0) is 20.3 Å². The highest BCUT2D eigenvalue weighted by molar-refractivity contribution is 7.98. The molecule has 8 heteroatoms. The predicted molar refractivity (Wildman–Crippen MR) is 231 cm³/mol. The lowest BCUT2D eigenvalue weighted by Crippen LogP contribution is -2.54. The van der Waals surface area contributed by atoms with E-state index in [9.17, 15) is 10.2 Å². The second-order valence-electron chi connectivity index (χ2n) is 17.5. The molecule has 0 aromatic heterocycles. The summed E-state index contributed by atoms with van der Waals surface area (Å²) in [7, 11) is 0. The fourth-order valence-electron chi connectivity index (χ4n) is 10.9. The molecule has 2 aliphatic heterocycles. The van der Waals surface area contributed by atoms with Crippen LogP contribution in [0.3, 0.4) is 0 Å². The first-order valence-corrected chi connectivity index (χ1v) is 22.9. The van der Waals surface area contributed by atoms with Crippen LogP contribution in [-0.4, -0.2) is 97.5 Å². The number of benzene rings is 4. The van der Waals surface area contributed by atoms with Crippen LogP contribution < -0.4 is 0 Å². The molecule has 1 saturated carbocycles. The maximum atomic E-state index is 14.5. The number of Topliss-reactive ketones (excluding diaryl/α,β-unsaturated/α-hetero) is 1. The van der Waals surface area contributed by atoms with E-state index >= 15 is 0 Å². The van der Waals surface area contributed by atoms with Gasteiger partial charge in [0.2, 0.25) is 0 Å². The Morgan fingerprint density at radius 2 is 0.946 bits per heavy atom. The van der Waals surface area contributed by atoms with E-state index in [1.807, 2.05) is 11.8 Å². The van der Waals surface area contributed by atoms with E-state index in [-0.39, 0.29) is 16.6 Å². The van der Waals surface area contributed by atoms with Gasteiger partial charge in [-0.05, 0) is 152 Å². The smallest absolute Gasteiger partial charge is 0.182 e. The number of hydrogen-bond donors (Lipinski definition) is 1. The highest BCUT2D eigenvalue weighted by Crippen LogP contribution is 2.64. The Labute approximate surface area is 341 Å². The minimum absolute atomic E-state index is 0.160. The normalized spacial score (nSPS) is 23.5. The molecule has 9 rings (SSSR count). The molecule has 6 nitrogen and oxygen atoms in total. The van der Waals surface area contributed by atoms with Crippen molar-refractivity contribution in [1.29, 1.82) is 5.41 Å². The van der Waals surface area contributed by atoms with Crippen molar-refractivity contribution in [3.8, 4) is 22.3 Å². The molecule has 292 valence electrons. The Bertz CT molecular complexity index is 2070. The maximum Gasteiger partial charge on any atom is 0.182 e. The van der Waals surface area contributed by atoms with Crippen molar-refractivity contribution < 1.29 is 14.3 Å². The fraction of sp³-hybridized carbons (Fsp3) is 0.458. The van der Waals surface area contributed by atoms with E-state index in [2.05, 4.69) is 123 Å². The average molecular weight is 786 g/mol. The molecule has 0 bridgehead atoms. The summed E-state index contributed by atoms with van der Waals surface area (Å²) in [6.07, 6.45) is 8.30. The first-order chi connectivity index (χ1) is 26.9. The molecule has 5 aliphatic rings. The zero-order chi connectivity index (χ0) is 39.0. The molecule has 0 radical (unpaired) electrons. The van der Waals surface area contributed by atoms with E-state index in [0.29, 0.717) is 32.1 Å². The van der Waals surface area contributed by atoms with Crippen LogP contribution in [0.5, 0.6) is 0 Å². The monoisotopic (exact) mass is 785 g/mol. The van der Waals surface area contributed by atoms with Gasteiger partial charge in [0.05, 0.1) is 43.2 Å². The van der Waals surface area contributed by atoms with Crippen molar-refractivity contribution in [2.45, 2.75) is 85.1 Å². The molecule has 0 amide bonds. The van der Waals surface area contributed by atoms with Crippen LogP contribution in [0.4, 0.5) is 0 Å². The van der Waals surface area contributed by atoms with Gasteiger partial charge >= 0.3 is 0 Å². The van der Waals surface area contributed by atoms with Gasteiger partial charge in [0.25, 0.3) is 0 Å². The number of rotatable bonds is 8. The van der Waals surface area contributed by atoms with E-state index in [1.54, 1.807) is 11.8 Å². The van der Waals surface area contributed by atoms with Crippen molar-refractivity contribution in [3.63, 3.8) is 0 Å². The Morgan fingerprint density at radius 3 is 1.39 bits per heavy atom. The van der Waals surface area contributed by atoms with Crippen molar-refractivity contribution in [1.82, 2.24) is 9.80 Å². The van der Waals surface area contributed by atoms with Gasteiger partial charge in [-0.15, -0.1) is 23.5 Å². The van der Waals surface area contributed by atoms with Crippen molar-refractivity contribution in [3.05, 3.63) is 106 Å². The van der Waals surface area contributed by atoms with Gasteiger partial charge in [-0.3, -0.25) is 14.6 Å². The number of ether oxygens (including phenoxy) is 2. The number of thioether (sulfide) groups is 2. The lowest BCUT2D eigenvalue weighted by atomic mass is 9.57. The Hall–Kier alpha value is -3.24. The molecule has 56 heavy (non-hydrogen) atoms. The molecule has 4 aromatic rings. The third kappa shape index (κ3) is 5.84. The lowest BCUT2D eigenvalue weighted by Gasteiger charge is -2.46. The number of fused-ring (bicyclic) bond motifs is 10. The molecular formula is C48H55N3O3S2. The van der Waals surface area contributed by atoms with Crippen molar-refractivity contribution in [2.75, 3.05) is 65.1 Å². The number of hydrogen-bond acceptors (Lipinski definition) is 8. The molecule has 0 unspecified atom stereocenters. The van der Waals surface area contributed by atoms with Crippen LogP contribution in [0.2, 0.25) is 0 Å². The standard InChI is InChI=1S/C48H55N3O3S2/c1-45(2,50-19-23-53-24-20-50)43(49)31-7-11-35-37-13-9-33(55-5)29-41(37)47(39(35)27-31)15-17-48(18-16-47)40-28-32(44(52)46(3,4)51-21-25-54-26-22-51)8-12-36(40)38-14-10-34(56-6)30-42(38)48/h7-14,27-30,49H,15-26H2,1-6H3. The fourth-order valence-corrected chi connectivity index (χ4v) is 11.8. The molecular weight excluding hydrogens is 731 g/mol. The zero-order valence-electron chi connectivity index (χ0n) is 33.8. The van der Waals surface area contributed by atoms with Crippen molar-refractivity contribution >= 4 is 35.0 Å². The lowest BCUT2D eigenvalue weighted by molar-refractivity contribution is -0.00430. The molecule has 0 atom stereocenters. The van der Waals surface area contributed by atoms with Gasteiger partial charge < -0.3 is 14.9 Å². The molecule has 3 fully saturated rings. The predicted octanol–water partition coefficient (Wildman–Crippen LogP) is 9.71. The SMILES string of the molecule is CSc1ccc2c(c1)C1(CCC3(CC1)c1cc(SC)ccc1-c1ccc(C(=O)C(C)(C)N4CCOCC4)cc13)c1cc(C(=N)C(C)(C)N3CCOCC3)ccc1-2. The second-order valence-corrected chi connectivity index (χ2v) is 19.3. The summed E-state index contributed by atoms with van der Waals surface area (Å²) in [6, 6.07) is 27.6. The Morgan fingerprint density at radius 1 is 0.571 bits per heavy atom. The third-order valence-electron chi connectivity index (χ3n) is 14.4. The molecule has 2 heterocycles. The largest absolute Gasteiger partial charge is 0.379 e. The molecule has 2 saturated heterocycles. The number of nitrogens with zero attached hydrogens (tertiary/aromatic N) is 2. The third-order valence-corrected chi connectivity index (χ3v) is 15.9. The maximum absolute atomic E-state index is 14.5. The minimum Gasteiger partial charge on any atom is -0.379 e.